The lowest BCUT2D eigenvalue weighted by Crippen LogP contribution is -2.52. The van der Waals surface area contributed by atoms with E-state index in [0.717, 1.165) is 10.9 Å². The first-order valence-corrected chi connectivity index (χ1v) is 10.7. The molecule has 33 heavy (non-hydrogen) atoms. The number of nitrogens with one attached hydrogen (secondary N) is 1. The van der Waals surface area contributed by atoms with Crippen LogP contribution in [-0.2, 0) is 4.79 Å². The number of aromatic nitrogens is 6. The van der Waals surface area contributed by atoms with Crippen molar-refractivity contribution in [2.45, 2.75) is 52.2 Å². The number of amides is 1. The average Bonchev–Trinajstić information content (AvgIpc) is 3.38. The van der Waals surface area contributed by atoms with Crippen molar-refractivity contribution in [3.05, 3.63) is 43.0 Å². The van der Waals surface area contributed by atoms with Crippen LogP contribution in [0.3, 0.4) is 0 Å². The lowest BCUT2D eigenvalue weighted by atomic mass is 9.96. The van der Waals surface area contributed by atoms with E-state index in [9.17, 15) is 13.6 Å². The molecular weight excluding hydrogens is 432 g/mol. The molecule has 9 nitrogen and oxygen atoms in total. The number of benzene rings is 1. The molecule has 0 saturated heterocycles. The number of fused-ring (bicyclic) bond motifs is 2. The maximum atomic E-state index is 13.4. The molecule has 4 aromatic rings. The first kappa shape index (κ1) is 22.6. The fourth-order valence-corrected chi connectivity index (χ4v) is 3.62. The zero-order valence-corrected chi connectivity index (χ0v) is 18.7. The molecule has 2 atom stereocenters. The second-order valence-electron chi connectivity index (χ2n) is 8.26. The Morgan fingerprint density at radius 1 is 1.27 bits per heavy atom. The van der Waals surface area contributed by atoms with Crippen LogP contribution in [-0.4, -0.2) is 53.3 Å². The highest BCUT2D eigenvalue weighted by molar-refractivity contribution is 5.83. The van der Waals surface area contributed by atoms with Crippen LogP contribution in [0.1, 0.15) is 34.1 Å². The molecule has 3 heterocycles. The minimum atomic E-state index is -3.46. The molecule has 0 aliphatic rings. The summed E-state index contributed by atoms with van der Waals surface area (Å²) in [5, 5.41) is 12.1. The SMILES string of the molecule is CC[C@@H](Oc1ccc2c(cnn2-c2nc3cnccn3n2)c1)[C@@H](NC(=O)C(C)(F)F)C(C)C. The highest BCUT2D eigenvalue weighted by Crippen LogP contribution is 2.25. The van der Waals surface area contributed by atoms with Crippen LogP contribution in [0.5, 0.6) is 5.75 Å². The van der Waals surface area contributed by atoms with E-state index in [2.05, 4.69) is 25.5 Å². The summed E-state index contributed by atoms with van der Waals surface area (Å²) in [7, 11) is 0. The van der Waals surface area contributed by atoms with E-state index in [4.69, 9.17) is 4.74 Å². The number of nitrogens with zero attached hydrogens (tertiary/aromatic N) is 6. The van der Waals surface area contributed by atoms with Gasteiger partial charge in [-0.2, -0.15) is 23.5 Å². The molecule has 11 heteroatoms. The molecule has 1 aromatic carbocycles. The maximum absolute atomic E-state index is 13.4. The van der Waals surface area contributed by atoms with Crippen LogP contribution in [0.15, 0.2) is 43.0 Å². The van der Waals surface area contributed by atoms with Crippen LogP contribution in [0.2, 0.25) is 0 Å². The second kappa shape index (κ2) is 8.72. The van der Waals surface area contributed by atoms with Crippen LogP contribution < -0.4 is 10.1 Å². The van der Waals surface area contributed by atoms with Crippen molar-refractivity contribution in [1.29, 1.82) is 0 Å². The van der Waals surface area contributed by atoms with E-state index in [-0.39, 0.29) is 5.92 Å². The maximum Gasteiger partial charge on any atom is 0.321 e. The minimum Gasteiger partial charge on any atom is -0.488 e. The number of hydrogen-bond acceptors (Lipinski definition) is 6. The summed E-state index contributed by atoms with van der Waals surface area (Å²) in [6, 6.07) is 4.83. The Balaban J connectivity index is 1.58. The van der Waals surface area contributed by atoms with Crippen molar-refractivity contribution in [2.24, 2.45) is 5.92 Å². The number of carbonyl (C=O) groups excluding carboxylic acids is 1. The highest BCUT2D eigenvalue weighted by atomic mass is 19.3. The van der Waals surface area contributed by atoms with Crippen molar-refractivity contribution in [1.82, 2.24) is 34.7 Å². The molecular formula is C22H25F2N7O2. The monoisotopic (exact) mass is 457 g/mol. The molecule has 0 fully saturated rings. The first-order valence-electron chi connectivity index (χ1n) is 10.7. The van der Waals surface area contributed by atoms with Crippen molar-refractivity contribution in [3.8, 4) is 11.7 Å². The summed E-state index contributed by atoms with van der Waals surface area (Å²) in [5.74, 6) is -3.93. The van der Waals surface area contributed by atoms with Gasteiger partial charge in [-0.15, -0.1) is 5.10 Å². The molecule has 0 aliphatic carbocycles. The highest BCUT2D eigenvalue weighted by Gasteiger charge is 2.36. The van der Waals surface area contributed by atoms with E-state index < -0.39 is 24.0 Å². The van der Waals surface area contributed by atoms with Gasteiger partial charge in [-0.05, 0) is 30.5 Å². The quantitative estimate of drug-likeness (QED) is 0.435. The van der Waals surface area contributed by atoms with Crippen LogP contribution in [0.4, 0.5) is 8.78 Å². The van der Waals surface area contributed by atoms with Gasteiger partial charge in [0.05, 0.1) is 24.0 Å². The predicted molar refractivity (Wildman–Crippen MR) is 118 cm³/mol. The first-order chi connectivity index (χ1) is 15.7. The summed E-state index contributed by atoms with van der Waals surface area (Å²) < 4.78 is 36.2. The lowest BCUT2D eigenvalue weighted by Gasteiger charge is -2.31. The molecule has 1 N–H and O–H groups in total. The Morgan fingerprint density at radius 2 is 2.06 bits per heavy atom. The van der Waals surface area contributed by atoms with Crippen LogP contribution >= 0.6 is 0 Å². The van der Waals surface area contributed by atoms with Crippen LogP contribution in [0, 0.1) is 5.92 Å². The number of hydrogen-bond donors (Lipinski definition) is 1. The van der Waals surface area contributed by atoms with Crippen molar-refractivity contribution >= 4 is 22.5 Å². The molecule has 3 aromatic heterocycles. The van der Waals surface area contributed by atoms with E-state index in [1.807, 2.05) is 32.9 Å². The van der Waals surface area contributed by atoms with Gasteiger partial charge in [0.1, 0.15) is 11.9 Å². The topological polar surface area (TPSA) is 99.2 Å². The summed E-state index contributed by atoms with van der Waals surface area (Å²) >= 11 is 0. The van der Waals surface area contributed by atoms with Gasteiger partial charge < -0.3 is 10.1 Å². The number of alkyl halides is 2. The van der Waals surface area contributed by atoms with Crippen LogP contribution in [0.25, 0.3) is 22.5 Å². The Morgan fingerprint density at radius 3 is 2.73 bits per heavy atom. The van der Waals surface area contributed by atoms with Gasteiger partial charge in [0, 0.05) is 24.7 Å². The van der Waals surface area contributed by atoms with Crippen molar-refractivity contribution in [3.63, 3.8) is 0 Å². The standard InChI is InChI=1S/C22H25F2N7O2/c1-5-17(19(13(2)3)28-20(32)22(4,23)24)33-15-6-7-16-14(10-15)11-26-31(16)21-27-18-12-25-8-9-30(18)29-21/h6-13,17,19H,5H2,1-4H3,(H,28,32)/t17-,19+/m1/s1. The number of carbonyl (C=O) groups is 1. The van der Waals surface area contributed by atoms with Gasteiger partial charge in [-0.1, -0.05) is 20.8 Å². The molecule has 0 bridgehead atoms. The summed E-state index contributed by atoms with van der Waals surface area (Å²) in [4.78, 5) is 20.4. The van der Waals surface area contributed by atoms with Gasteiger partial charge >= 0.3 is 5.92 Å². The van der Waals surface area contributed by atoms with E-state index >= 15 is 0 Å². The molecule has 174 valence electrons. The molecule has 0 spiro atoms. The number of rotatable bonds is 8. The average molecular weight is 457 g/mol. The number of ether oxygens (including phenoxy) is 1. The third-order valence-corrected chi connectivity index (χ3v) is 5.36. The smallest absolute Gasteiger partial charge is 0.321 e. The molecule has 0 saturated carbocycles. The summed E-state index contributed by atoms with van der Waals surface area (Å²) in [6.07, 6.45) is 6.64. The second-order valence-corrected chi connectivity index (χ2v) is 8.26. The Hall–Kier alpha value is -3.63. The lowest BCUT2D eigenvalue weighted by molar-refractivity contribution is -0.145. The molecule has 1 amide bonds. The number of halogens is 2. The van der Waals surface area contributed by atoms with Crippen molar-refractivity contribution in [2.75, 3.05) is 0 Å². The fraction of sp³-hybridized carbons (Fsp3) is 0.409. The minimum absolute atomic E-state index is 0.108. The zero-order valence-electron chi connectivity index (χ0n) is 18.7. The normalized spacial score (nSPS) is 14.0. The van der Waals surface area contributed by atoms with E-state index in [1.54, 1.807) is 40.1 Å². The molecule has 0 radical (unpaired) electrons. The fourth-order valence-electron chi connectivity index (χ4n) is 3.62. The predicted octanol–water partition coefficient (Wildman–Crippen LogP) is 3.42. The third-order valence-electron chi connectivity index (χ3n) is 5.36. The van der Waals surface area contributed by atoms with Gasteiger partial charge in [-0.3, -0.25) is 9.78 Å². The van der Waals surface area contributed by atoms with Gasteiger partial charge in [0.25, 0.3) is 11.9 Å². The van der Waals surface area contributed by atoms with Crippen molar-refractivity contribution < 1.29 is 18.3 Å². The zero-order chi connectivity index (χ0) is 23.8. The van der Waals surface area contributed by atoms with E-state index in [1.165, 1.54) is 0 Å². The van der Waals surface area contributed by atoms with Gasteiger partial charge in [0.2, 0.25) is 0 Å². The summed E-state index contributed by atoms with van der Waals surface area (Å²) in [6.45, 7) is 6.18. The van der Waals surface area contributed by atoms with Gasteiger partial charge in [0.15, 0.2) is 5.65 Å². The largest absolute Gasteiger partial charge is 0.488 e. The summed E-state index contributed by atoms with van der Waals surface area (Å²) in [5.41, 5.74) is 1.37. The Labute approximate surface area is 188 Å². The molecule has 4 rings (SSSR count). The Bertz CT molecular complexity index is 1250. The van der Waals surface area contributed by atoms with E-state index in [0.29, 0.717) is 30.7 Å². The molecule has 0 aliphatic heterocycles. The third kappa shape index (κ3) is 4.62. The van der Waals surface area contributed by atoms with Gasteiger partial charge in [-0.25, -0.2) is 4.52 Å². The Kier molecular flexibility index (Phi) is 5.96. The molecule has 0 unspecified atom stereocenters.